The summed E-state index contributed by atoms with van der Waals surface area (Å²) in [5, 5.41) is 0. The van der Waals surface area contributed by atoms with Crippen LogP contribution in [0.25, 0.3) is 0 Å². The largest absolute Gasteiger partial charge is 0.342 e. The second-order valence-corrected chi connectivity index (χ2v) is 4.49. The topological polar surface area (TPSA) is 20.3 Å². The van der Waals surface area contributed by atoms with Crippen LogP contribution in [0.4, 0.5) is 0 Å². The van der Waals surface area contributed by atoms with Gasteiger partial charge in [-0.25, -0.2) is 0 Å². The van der Waals surface area contributed by atoms with Crippen LogP contribution < -0.4 is 0 Å². The lowest BCUT2D eigenvalue weighted by atomic mass is 10.1. The van der Waals surface area contributed by atoms with E-state index in [1.807, 2.05) is 11.8 Å². The van der Waals surface area contributed by atoms with Crippen LogP contribution in [-0.2, 0) is 4.79 Å². The monoisotopic (exact) mass is 199 g/mol. The van der Waals surface area contributed by atoms with Crippen molar-refractivity contribution in [1.29, 1.82) is 0 Å². The standard InChI is InChI=1S/C12H25NO/c1-6-8-13(9-10(3)4)12(14)11(5)7-2/h10-11H,6-9H2,1-5H3. The molecule has 0 aromatic carbocycles. The third-order valence-corrected chi connectivity index (χ3v) is 2.42. The van der Waals surface area contributed by atoms with Gasteiger partial charge in [0.05, 0.1) is 0 Å². The van der Waals surface area contributed by atoms with Gasteiger partial charge in [-0.15, -0.1) is 0 Å². The maximum Gasteiger partial charge on any atom is 0.225 e. The zero-order valence-electron chi connectivity index (χ0n) is 10.3. The molecule has 0 spiro atoms. The van der Waals surface area contributed by atoms with Crippen LogP contribution in [0.3, 0.4) is 0 Å². The number of amides is 1. The Morgan fingerprint density at radius 2 is 1.79 bits per heavy atom. The molecule has 0 aliphatic heterocycles. The molecule has 0 aliphatic rings. The Hall–Kier alpha value is -0.530. The number of carbonyl (C=O) groups is 1. The van der Waals surface area contributed by atoms with Crippen molar-refractivity contribution < 1.29 is 4.79 Å². The van der Waals surface area contributed by atoms with E-state index in [-0.39, 0.29) is 5.92 Å². The summed E-state index contributed by atoms with van der Waals surface area (Å²) in [5.74, 6) is 1.07. The van der Waals surface area contributed by atoms with Crippen molar-refractivity contribution >= 4 is 5.91 Å². The second-order valence-electron chi connectivity index (χ2n) is 4.49. The van der Waals surface area contributed by atoms with Crippen molar-refractivity contribution in [2.75, 3.05) is 13.1 Å². The number of rotatable bonds is 6. The van der Waals surface area contributed by atoms with Gasteiger partial charge in [-0.3, -0.25) is 4.79 Å². The Labute approximate surface area is 88.7 Å². The molecule has 84 valence electrons. The lowest BCUT2D eigenvalue weighted by molar-refractivity contribution is -0.135. The number of carbonyl (C=O) groups excluding carboxylic acids is 1. The van der Waals surface area contributed by atoms with Crippen molar-refractivity contribution in [2.45, 2.75) is 47.5 Å². The Morgan fingerprint density at radius 1 is 1.21 bits per heavy atom. The minimum absolute atomic E-state index is 0.181. The van der Waals surface area contributed by atoms with Crippen LogP contribution in [0.2, 0.25) is 0 Å². The highest BCUT2D eigenvalue weighted by atomic mass is 16.2. The van der Waals surface area contributed by atoms with Crippen LogP contribution in [0.15, 0.2) is 0 Å². The van der Waals surface area contributed by atoms with Gasteiger partial charge in [0.15, 0.2) is 0 Å². The summed E-state index contributed by atoms with van der Waals surface area (Å²) in [6.07, 6.45) is 1.99. The van der Waals surface area contributed by atoms with Crippen molar-refractivity contribution in [2.24, 2.45) is 11.8 Å². The molecular weight excluding hydrogens is 174 g/mol. The Morgan fingerprint density at radius 3 is 2.14 bits per heavy atom. The smallest absolute Gasteiger partial charge is 0.225 e. The number of nitrogens with zero attached hydrogens (tertiary/aromatic N) is 1. The molecule has 1 amide bonds. The summed E-state index contributed by atoms with van der Waals surface area (Å²) in [7, 11) is 0. The van der Waals surface area contributed by atoms with E-state index in [0.717, 1.165) is 25.9 Å². The Bertz CT molecular complexity index is 166. The highest BCUT2D eigenvalue weighted by molar-refractivity contribution is 5.78. The fourth-order valence-electron chi connectivity index (χ4n) is 1.49. The fourth-order valence-corrected chi connectivity index (χ4v) is 1.49. The predicted molar refractivity (Wildman–Crippen MR) is 61.2 cm³/mol. The highest BCUT2D eigenvalue weighted by Gasteiger charge is 2.18. The second kappa shape index (κ2) is 6.86. The molecule has 0 bridgehead atoms. The van der Waals surface area contributed by atoms with Gasteiger partial charge in [0.2, 0.25) is 5.91 Å². The first-order valence-electron chi connectivity index (χ1n) is 5.81. The van der Waals surface area contributed by atoms with E-state index in [1.54, 1.807) is 0 Å². The van der Waals surface area contributed by atoms with E-state index >= 15 is 0 Å². The average Bonchev–Trinajstić information content (AvgIpc) is 2.14. The summed E-state index contributed by atoms with van der Waals surface area (Å²) in [6, 6.07) is 0. The van der Waals surface area contributed by atoms with E-state index < -0.39 is 0 Å². The normalized spacial score (nSPS) is 13.0. The molecule has 0 saturated carbocycles. The van der Waals surface area contributed by atoms with Crippen molar-refractivity contribution in [3.8, 4) is 0 Å². The molecule has 1 unspecified atom stereocenters. The summed E-state index contributed by atoms with van der Waals surface area (Å²) in [5.41, 5.74) is 0. The van der Waals surface area contributed by atoms with Crippen molar-refractivity contribution in [3.63, 3.8) is 0 Å². The van der Waals surface area contributed by atoms with Gasteiger partial charge in [0, 0.05) is 19.0 Å². The molecule has 0 aromatic heterocycles. The molecule has 0 radical (unpaired) electrons. The van der Waals surface area contributed by atoms with Crippen molar-refractivity contribution in [3.05, 3.63) is 0 Å². The van der Waals surface area contributed by atoms with Crippen molar-refractivity contribution in [1.82, 2.24) is 4.90 Å². The molecule has 0 aromatic rings. The van der Waals surface area contributed by atoms with E-state index in [4.69, 9.17) is 0 Å². The molecule has 0 heterocycles. The van der Waals surface area contributed by atoms with Gasteiger partial charge in [-0.05, 0) is 18.8 Å². The third kappa shape index (κ3) is 4.64. The van der Waals surface area contributed by atoms with E-state index in [9.17, 15) is 4.79 Å². The zero-order chi connectivity index (χ0) is 11.1. The van der Waals surface area contributed by atoms with Crippen LogP contribution in [0, 0.1) is 11.8 Å². The fraction of sp³-hybridized carbons (Fsp3) is 0.917. The third-order valence-electron chi connectivity index (χ3n) is 2.42. The summed E-state index contributed by atoms with van der Waals surface area (Å²) >= 11 is 0. The minimum Gasteiger partial charge on any atom is -0.342 e. The molecule has 2 heteroatoms. The molecule has 2 nitrogen and oxygen atoms in total. The molecule has 0 saturated heterocycles. The molecule has 0 N–H and O–H groups in total. The highest BCUT2D eigenvalue weighted by Crippen LogP contribution is 2.09. The zero-order valence-corrected chi connectivity index (χ0v) is 10.3. The van der Waals surface area contributed by atoms with Gasteiger partial charge < -0.3 is 4.90 Å². The summed E-state index contributed by atoms with van der Waals surface area (Å²) in [6.45, 7) is 12.3. The van der Waals surface area contributed by atoms with Crippen LogP contribution in [0.5, 0.6) is 0 Å². The first-order chi connectivity index (χ1) is 6.52. The Balaban J connectivity index is 4.24. The Kier molecular flexibility index (Phi) is 6.60. The first kappa shape index (κ1) is 13.5. The molecule has 0 aliphatic carbocycles. The van der Waals surface area contributed by atoms with Gasteiger partial charge in [-0.2, -0.15) is 0 Å². The van der Waals surface area contributed by atoms with Crippen LogP contribution in [-0.4, -0.2) is 23.9 Å². The van der Waals surface area contributed by atoms with Crippen LogP contribution >= 0.6 is 0 Å². The van der Waals surface area contributed by atoms with Gasteiger partial charge in [-0.1, -0.05) is 34.6 Å². The van der Waals surface area contributed by atoms with E-state index in [2.05, 4.69) is 27.7 Å². The average molecular weight is 199 g/mol. The molecule has 1 atom stereocenters. The maximum absolute atomic E-state index is 11.9. The molecule has 0 fully saturated rings. The molecule has 0 rings (SSSR count). The van der Waals surface area contributed by atoms with Gasteiger partial charge >= 0.3 is 0 Å². The van der Waals surface area contributed by atoms with Crippen LogP contribution in [0.1, 0.15) is 47.5 Å². The molecular formula is C12H25NO. The maximum atomic E-state index is 11.9. The summed E-state index contributed by atoms with van der Waals surface area (Å²) in [4.78, 5) is 13.9. The van der Waals surface area contributed by atoms with Gasteiger partial charge in [0.1, 0.15) is 0 Å². The predicted octanol–water partition coefficient (Wildman–Crippen LogP) is 2.93. The van der Waals surface area contributed by atoms with E-state index in [1.165, 1.54) is 0 Å². The van der Waals surface area contributed by atoms with E-state index in [0.29, 0.717) is 11.8 Å². The molecule has 14 heavy (non-hydrogen) atoms. The summed E-state index contributed by atoms with van der Waals surface area (Å²) < 4.78 is 0. The quantitative estimate of drug-likeness (QED) is 0.644. The first-order valence-corrected chi connectivity index (χ1v) is 5.81. The minimum atomic E-state index is 0.181. The lowest BCUT2D eigenvalue weighted by Gasteiger charge is -2.26. The number of hydrogen-bond donors (Lipinski definition) is 0. The van der Waals surface area contributed by atoms with Gasteiger partial charge in [0.25, 0.3) is 0 Å². The number of hydrogen-bond acceptors (Lipinski definition) is 1. The SMILES string of the molecule is CCCN(CC(C)C)C(=O)C(C)CC. The lowest BCUT2D eigenvalue weighted by Crippen LogP contribution is -2.38.